The Morgan fingerprint density at radius 2 is 1.97 bits per heavy atom. The first-order valence-electron chi connectivity index (χ1n) is 8.39. The van der Waals surface area contributed by atoms with Crippen LogP contribution in [0.5, 0.6) is 5.75 Å². The van der Waals surface area contributed by atoms with Gasteiger partial charge < -0.3 is 9.15 Å². The Labute approximate surface area is 162 Å². The van der Waals surface area contributed by atoms with Crippen molar-refractivity contribution in [3.63, 3.8) is 0 Å². The van der Waals surface area contributed by atoms with Gasteiger partial charge in [-0.3, -0.25) is 4.79 Å². The number of rotatable bonds is 5. The Hall–Kier alpha value is -3.62. The minimum atomic E-state index is -4.53. The third-order valence-corrected chi connectivity index (χ3v) is 3.95. The maximum atomic E-state index is 12.9. The number of ether oxygens (including phenoxy) is 1. The molecule has 0 radical (unpaired) electrons. The first-order valence-corrected chi connectivity index (χ1v) is 8.39. The van der Waals surface area contributed by atoms with Gasteiger partial charge in [-0.15, -0.1) is 0 Å². The quantitative estimate of drug-likeness (QED) is 0.400. The van der Waals surface area contributed by atoms with Crippen LogP contribution in [0.4, 0.5) is 13.2 Å². The number of halogens is 3. The molecule has 0 spiro atoms. The van der Waals surface area contributed by atoms with Gasteiger partial charge in [-0.2, -0.15) is 18.3 Å². The second-order valence-electron chi connectivity index (χ2n) is 6.07. The second-order valence-corrected chi connectivity index (χ2v) is 6.07. The van der Waals surface area contributed by atoms with Gasteiger partial charge in [0.15, 0.2) is 6.61 Å². The lowest BCUT2D eigenvalue weighted by Crippen LogP contribution is -2.24. The van der Waals surface area contributed by atoms with Crippen molar-refractivity contribution < 1.29 is 27.1 Å². The Kier molecular flexibility index (Phi) is 5.67. The summed E-state index contributed by atoms with van der Waals surface area (Å²) in [7, 11) is 0. The Morgan fingerprint density at radius 1 is 1.21 bits per heavy atom. The number of fused-ring (bicyclic) bond motifs is 1. The molecule has 3 aromatic rings. The average molecular weight is 404 g/mol. The van der Waals surface area contributed by atoms with Crippen LogP contribution in [0.25, 0.3) is 11.0 Å². The molecule has 0 atom stereocenters. The molecule has 0 saturated carbocycles. The maximum absolute atomic E-state index is 12.9. The number of nitrogens with zero attached hydrogens (tertiary/aromatic N) is 1. The van der Waals surface area contributed by atoms with Crippen molar-refractivity contribution >= 4 is 23.1 Å². The number of alkyl halides is 3. The molecular weight excluding hydrogens is 389 g/mol. The fourth-order valence-electron chi connectivity index (χ4n) is 2.62. The minimum absolute atomic E-state index is 0.179. The zero-order valence-corrected chi connectivity index (χ0v) is 15.1. The van der Waals surface area contributed by atoms with Crippen LogP contribution in [0.2, 0.25) is 0 Å². The summed E-state index contributed by atoms with van der Waals surface area (Å²) in [6.45, 7) is 1.34. The molecular formula is C20H15F3N2O4. The normalized spacial score (nSPS) is 11.7. The van der Waals surface area contributed by atoms with Crippen molar-refractivity contribution in [2.75, 3.05) is 6.61 Å². The van der Waals surface area contributed by atoms with Gasteiger partial charge in [0.05, 0.1) is 11.8 Å². The number of hydrogen-bond donors (Lipinski definition) is 1. The molecule has 1 aromatic heterocycles. The summed E-state index contributed by atoms with van der Waals surface area (Å²) in [6.07, 6.45) is -3.62. The summed E-state index contributed by atoms with van der Waals surface area (Å²) < 4.78 is 49.1. The summed E-state index contributed by atoms with van der Waals surface area (Å²) in [5, 5.41) is 4.27. The lowest BCUT2D eigenvalue weighted by atomic mass is 10.1. The number of amides is 1. The molecule has 0 saturated heterocycles. The molecule has 2 aromatic carbocycles. The number of hydrazone groups is 1. The first kappa shape index (κ1) is 20.1. The highest BCUT2D eigenvalue weighted by Crippen LogP contribution is 2.31. The van der Waals surface area contributed by atoms with Crippen LogP contribution in [0, 0.1) is 6.92 Å². The van der Waals surface area contributed by atoms with E-state index in [2.05, 4.69) is 10.5 Å². The summed E-state index contributed by atoms with van der Waals surface area (Å²) >= 11 is 0. The molecule has 1 heterocycles. The van der Waals surface area contributed by atoms with Crippen LogP contribution < -0.4 is 15.8 Å². The summed E-state index contributed by atoms with van der Waals surface area (Å²) in [5.74, 6) is -0.385. The highest BCUT2D eigenvalue weighted by atomic mass is 19.4. The zero-order valence-electron chi connectivity index (χ0n) is 15.1. The second kappa shape index (κ2) is 8.17. The Morgan fingerprint density at radius 3 is 2.72 bits per heavy atom. The van der Waals surface area contributed by atoms with Gasteiger partial charge in [-0.25, -0.2) is 10.2 Å². The van der Waals surface area contributed by atoms with E-state index in [1.54, 1.807) is 19.1 Å². The molecule has 0 aliphatic heterocycles. The molecule has 1 N–H and O–H groups in total. The van der Waals surface area contributed by atoms with Gasteiger partial charge >= 0.3 is 11.8 Å². The van der Waals surface area contributed by atoms with Gasteiger partial charge in [-0.05, 0) is 30.7 Å². The molecule has 6 nitrogen and oxygen atoms in total. The van der Waals surface area contributed by atoms with Crippen molar-refractivity contribution in [3.05, 3.63) is 75.6 Å². The predicted octanol–water partition coefficient (Wildman–Crippen LogP) is 3.65. The Bertz CT molecular complexity index is 1140. The van der Waals surface area contributed by atoms with E-state index in [-0.39, 0.29) is 11.3 Å². The largest absolute Gasteiger partial charge is 0.484 e. The van der Waals surface area contributed by atoms with Crippen molar-refractivity contribution in [3.8, 4) is 5.75 Å². The van der Waals surface area contributed by atoms with E-state index in [1.807, 2.05) is 0 Å². The van der Waals surface area contributed by atoms with E-state index in [0.29, 0.717) is 5.58 Å². The van der Waals surface area contributed by atoms with Crippen LogP contribution in [0.15, 0.2) is 62.8 Å². The lowest BCUT2D eigenvalue weighted by molar-refractivity contribution is -0.137. The van der Waals surface area contributed by atoms with E-state index in [9.17, 15) is 22.8 Å². The number of aryl methyl sites for hydroxylation is 1. The van der Waals surface area contributed by atoms with Crippen molar-refractivity contribution in [1.82, 2.24) is 5.43 Å². The Balaban J connectivity index is 1.62. The maximum Gasteiger partial charge on any atom is 0.417 e. The van der Waals surface area contributed by atoms with Crippen LogP contribution >= 0.6 is 0 Å². The van der Waals surface area contributed by atoms with Gasteiger partial charge in [0.2, 0.25) is 0 Å². The molecule has 0 aliphatic carbocycles. The van der Waals surface area contributed by atoms with E-state index < -0.39 is 29.9 Å². The third kappa shape index (κ3) is 5.01. The van der Waals surface area contributed by atoms with Crippen molar-refractivity contribution in [2.24, 2.45) is 5.10 Å². The number of carbonyl (C=O) groups excluding carboxylic acids is 1. The number of carbonyl (C=O) groups is 1. The van der Waals surface area contributed by atoms with Crippen LogP contribution in [-0.4, -0.2) is 18.7 Å². The molecule has 3 rings (SSSR count). The monoisotopic (exact) mass is 404 g/mol. The van der Waals surface area contributed by atoms with Gasteiger partial charge in [-0.1, -0.05) is 18.2 Å². The summed E-state index contributed by atoms with van der Waals surface area (Å²) in [6, 6.07) is 11.0. The van der Waals surface area contributed by atoms with Crippen molar-refractivity contribution in [1.29, 1.82) is 0 Å². The molecule has 0 unspecified atom stereocenters. The van der Waals surface area contributed by atoms with E-state index in [0.717, 1.165) is 23.2 Å². The fraction of sp³-hybridized carbons (Fsp3) is 0.150. The fourth-order valence-corrected chi connectivity index (χ4v) is 2.62. The molecule has 9 heteroatoms. The van der Waals surface area contributed by atoms with E-state index >= 15 is 0 Å². The van der Waals surface area contributed by atoms with Crippen molar-refractivity contribution in [2.45, 2.75) is 13.1 Å². The molecule has 29 heavy (non-hydrogen) atoms. The van der Waals surface area contributed by atoms with E-state index in [4.69, 9.17) is 9.15 Å². The lowest BCUT2D eigenvalue weighted by Gasteiger charge is -2.09. The van der Waals surface area contributed by atoms with Gasteiger partial charge in [0, 0.05) is 23.1 Å². The van der Waals surface area contributed by atoms with Gasteiger partial charge in [0.25, 0.3) is 5.91 Å². The van der Waals surface area contributed by atoms with Crippen LogP contribution in [0.3, 0.4) is 0 Å². The topological polar surface area (TPSA) is 80.9 Å². The van der Waals surface area contributed by atoms with Crippen LogP contribution in [-0.2, 0) is 11.0 Å². The third-order valence-electron chi connectivity index (χ3n) is 3.95. The van der Waals surface area contributed by atoms with Gasteiger partial charge in [0.1, 0.15) is 11.3 Å². The molecule has 1 amide bonds. The predicted molar refractivity (Wildman–Crippen MR) is 99.9 cm³/mol. The highest BCUT2D eigenvalue weighted by Gasteiger charge is 2.32. The average Bonchev–Trinajstić information content (AvgIpc) is 2.65. The SMILES string of the molecule is Cc1cc(=O)oc2cc(OCC(=O)N/N=C\c3ccccc3C(F)(F)F)ccc12. The summed E-state index contributed by atoms with van der Waals surface area (Å²) in [5.41, 5.74) is 1.62. The standard InChI is InChI=1S/C20H15F3N2O4/c1-12-8-19(27)29-17-9-14(6-7-15(12)17)28-11-18(26)25-24-10-13-4-2-3-5-16(13)20(21,22)23/h2-10H,11H2,1H3,(H,25,26)/b24-10-. The number of hydrogen-bond acceptors (Lipinski definition) is 5. The molecule has 0 fully saturated rings. The number of benzene rings is 2. The molecule has 0 bridgehead atoms. The highest BCUT2D eigenvalue weighted by molar-refractivity contribution is 5.85. The minimum Gasteiger partial charge on any atom is -0.484 e. The van der Waals surface area contributed by atoms with E-state index in [1.165, 1.54) is 30.3 Å². The van der Waals surface area contributed by atoms with Crippen LogP contribution in [0.1, 0.15) is 16.7 Å². The number of nitrogens with one attached hydrogen (secondary N) is 1. The smallest absolute Gasteiger partial charge is 0.417 e. The first-order chi connectivity index (χ1) is 13.7. The molecule has 150 valence electrons. The zero-order chi connectivity index (χ0) is 21.0. The summed E-state index contributed by atoms with van der Waals surface area (Å²) in [4.78, 5) is 23.3. The molecule has 0 aliphatic rings.